The Morgan fingerprint density at radius 3 is 2.85 bits per heavy atom. The highest BCUT2D eigenvalue weighted by Gasteiger charge is 2.20. The van der Waals surface area contributed by atoms with Gasteiger partial charge in [-0.1, -0.05) is 18.2 Å². The largest absolute Gasteiger partial charge is 0.491 e. The molecule has 7 nitrogen and oxygen atoms in total. The highest BCUT2D eigenvalue weighted by Crippen LogP contribution is 2.25. The highest BCUT2D eigenvalue weighted by molar-refractivity contribution is 5.88. The molecular formula is C19H16N4O3. The monoisotopic (exact) mass is 348 g/mol. The van der Waals surface area contributed by atoms with Crippen LogP contribution in [0.2, 0.25) is 0 Å². The SMILES string of the molecule is O=C(O)c1ccnc(-c2ccnc(N[C@@H]3COc4ccccc4C3)n2)c1. The number of carboxylic acids is 1. The normalized spacial score (nSPS) is 15.6. The molecule has 2 N–H and O–H groups in total. The maximum atomic E-state index is 11.1. The summed E-state index contributed by atoms with van der Waals surface area (Å²) in [5, 5.41) is 12.4. The fraction of sp³-hybridized carbons (Fsp3) is 0.158. The number of hydrogen-bond acceptors (Lipinski definition) is 6. The summed E-state index contributed by atoms with van der Waals surface area (Å²) in [6, 6.07) is 12.6. The molecule has 1 aliphatic heterocycles. The molecule has 0 spiro atoms. The van der Waals surface area contributed by atoms with Gasteiger partial charge in [0.1, 0.15) is 12.4 Å². The summed E-state index contributed by atoms with van der Waals surface area (Å²) >= 11 is 0. The van der Waals surface area contributed by atoms with Gasteiger partial charge in [0.15, 0.2) is 0 Å². The second-order valence-corrected chi connectivity index (χ2v) is 5.96. The topological polar surface area (TPSA) is 97.2 Å². The van der Waals surface area contributed by atoms with Crippen molar-refractivity contribution in [3.63, 3.8) is 0 Å². The number of para-hydroxylation sites is 1. The summed E-state index contributed by atoms with van der Waals surface area (Å²) in [7, 11) is 0. The number of carboxylic acid groups (broad SMARTS) is 1. The van der Waals surface area contributed by atoms with Gasteiger partial charge >= 0.3 is 5.97 Å². The lowest BCUT2D eigenvalue weighted by Crippen LogP contribution is -2.33. The Morgan fingerprint density at radius 1 is 1.12 bits per heavy atom. The lowest BCUT2D eigenvalue weighted by Gasteiger charge is -2.26. The molecule has 4 rings (SSSR count). The molecule has 3 aromatic rings. The van der Waals surface area contributed by atoms with Crippen molar-refractivity contribution in [1.82, 2.24) is 15.0 Å². The van der Waals surface area contributed by atoms with Crippen LogP contribution in [0.25, 0.3) is 11.4 Å². The van der Waals surface area contributed by atoms with E-state index in [9.17, 15) is 4.79 Å². The van der Waals surface area contributed by atoms with Crippen molar-refractivity contribution in [2.45, 2.75) is 12.5 Å². The fourth-order valence-corrected chi connectivity index (χ4v) is 2.88. The Labute approximate surface area is 149 Å². The number of benzene rings is 1. The lowest BCUT2D eigenvalue weighted by molar-refractivity contribution is 0.0697. The summed E-state index contributed by atoms with van der Waals surface area (Å²) < 4.78 is 5.77. The van der Waals surface area contributed by atoms with Gasteiger partial charge in [-0.25, -0.2) is 14.8 Å². The summed E-state index contributed by atoms with van der Waals surface area (Å²) in [4.78, 5) is 24.0. The number of aromatic carboxylic acids is 1. The van der Waals surface area contributed by atoms with E-state index in [1.54, 1.807) is 12.3 Å². The number of fused-ring (bicyclic) bond motifs is 1. The predicted octanol–water partition coefficient (Wildman–Crippen LogP) is 2.65. The summed E-state index contributed by atoms with van der Waals surface area (Å²) in [6.45, 7) is 0.525. The van der Waals surface area contributed by atoms with E-state index in [2.05, 4.69) is 20.3 Å². The van der Waals surface area contributed by atoms with Crippen molar-refractivity contribution in [2.24, 2.45) is 0 Å². The van der Waals surface area contributed by atoms with Crippen LogP contribution in [0.3, 0.4) is 0 Å². The van der Waals surface area contributed by atoms with Crippen molar-refractivity contribution in [1.29, 1.82) is 0 Å². The van der Waals surface area contributed by atoms with Gasteiger partial charge in [0.2, 0.25) is 5.95 Å². The van der Waals surface area contributed by atoms with E-state index in [0.29, 0.717) is 23.9 Å². The molecule has 1 aromatic carbocycles. The average Bonchev–Trinajstić information content (AvgIpc) is 2.68. The van der Waals surface area contributed by atoms with Crippen LogP contribution in [0, 0.1) is 0 Å². The number of nitrogens with zero attached hydrogens (tertiary/aromatic N) is 3. The smallest absolute Gasteiger partial charge is 0.335 e. The number of rotatable bonds is 4. The molecule has 0 bridgehead atoms. The Morgan fingerprint density at radius 2 is 1.96 bits per heavy atom. The zero-order chi connectivity index (χ0) is 17.9. The second-order valence-electron chi connectivity index (χ2n) is 5.96. The van der Waals surface area contributed by atoms with Crippen LogP contribution in [-0.2, 0) is 6.42 Å². The Bertz CT molecular complexity index is 961. The van der Waals surface area contributed by atoms with Crippen LogP contribution in [0.1, 0.15) is 15.9 Å². The molecule has 1 atom stereocenters. The quantitative estimate of drug-likeness (QED) is 0.748. The Balaban J connectivity index is 1.54. The first kappa shape index (κ1) is 16.0. The first-order chi connectivity index (χ1) is 12.7. The molecule has 26 heavy (non-hydrogen) atoms. The number of hydrogen-bond donors (Lipinski definition) is 2. The van der Waals surface area contributed by atoms with Crippen LogP contribution in [-0.4, -0.2) is 38.7 Å². The maximum Gasteiger partial charge on any atom is 0.335 e. The zero-order valence-corrected chi connectivity index (χ0v) is 13.8. The number of pyridine rings is 1. The van der Waals surface area contributed by atoms with Crippen LogP contribution in [0.4, 0.5) is 5.95 Å². The van der Waals surface area contributed by atoms with Gasteiger partial charge in [-0.3, -0.25) is 4.98 Å². The minimum atomic E-state index is -1.00. The molecule has 130 valence electrons. The van der Waals surface area contributed by atoms with Crippen molar-refractivity contribution in [3.05, 3.63) is 66.0 Å². The van der Waals surface area contributed by atoms with E-state index >= 15 is 0 Å². The van der Waals surface area contributed by atoms with Gasteiger partial charge in [-0.05, 0) is 36.2 Å². The molecule has 0 saturated heterocycles. The van der Waals surface area contributed by atoms with Gasteiger partial charge in [0.25, 0.3) is 0 Å². The van der Waals surface area contributed by atoms with Crippen LogP contribution in [0.5, 0.6) is 5.75 Å². The van der Waals surface area contributed by atoms with E-state index in [1.807, 2.05) is 24.3 Å². The van der Waals surface area contributed by atoms with Crippen LogP contribution < -0.4 is 10.1 Å². The molecule has 0 aliphatic carbocycles. The zero-order valence-electron chi connectivity index (χ0n) is 13.8. The Hall–Kier alpha value is -3.48. The molecule has 0 radical (unpaired) electrons. The van der Waals surface area contributed by atoms with Crippen molar-refractivity contribution in [3.8, 4) is 17.1 Å². The third-order valence-corrected chi connectivity index (χ3v) is 4.14. The maximum absolute atomic E-state index is 11.1. The van der Waals surface area contributed by atoms with E-state index in [1.165, 1.54) is 18.3 Å². The summed E-state index contributed by atoms with van der Waals surface area (Å²) in [5.41, 5.74) is 2.35. The second kappa shape index (κ2) is 6.79. The molecule has 7 heteroatoms. The number of aromatic nitrogens is 3. The first-order valence-corrected chi connectivity index (χ1v) is 8.19. The number of ether oxygens (including phenoxy) is 1. The van der Waals surface area contributed by atoms with Crippen molar-refractivity contribution in [2.75, 3.05) is 11.9 Å². The number of carbonyl (C=O) groups is 1. The third kappa shape index (κ3) is 3.32. The molecule has 1 aliphatic rings. The minimum Gasteiger partial charge on any atom is -0.491 e. The number of nitrogens with one attached hydrogen (secondary N) is 1. The average molecular weight is 348 g/mol. The van der Waals surface area contributed by atoms with Crippen molar-refractivity contribution < 1.29 is 14.6 Å². The highest BCUT2D eigenvalue weighted by atomic mass is 16.5. The molecular weight excluding hydrogens is 332 g/mol. The molecule has 0 saturated carbocycles. The van der Waals surface area contributed by atoms with Crippen molar-refractivity contribution >= 4 is 11.9 Å². The van der Waals surface area contributed by atoms with Gasteiger partial charge in [-0.2, -0.15) is 0 Å². The van der Waals surface area contributed by atoms with E-state index < -0.39 is 5.97 Å². The van der Waals surface area contributed by atoms with E-state index in [0.717, 1.165) is 17.7 Å². The first-order valence-electron chi connectivity index (χ1n) is 8.19. The molecule has 2 aromatic heterocycles. The molecule has 0 fully saturated rings. The van der Waals surface area contributed by atoms with Gasteiger partial charge < -0.3 is 15.2 Å². The fourth-order valence-electron chi connectivity index (χ4n) is 2.88. The minimum absolute atomic E-state index is 0.0541. The van der Waals surface area contributed by atoms with Gasteiger partial charge in [0, 0.05) is 12.4 Å². The number of anilines is 1. The molecule has 0 amide bonds. The van der Waals surface area contributed by atoms with Gasteiger partial charge in [0.05, 0.1) is 23.0 Å². The van der Waals surface area contributed by atoms with Crippen LogP contribution in [0.15, 0.2) is 54.9 Å². The van der Waals surface area contributed by atoms with Gasteiger partial charge in [-0.15, -0.1) is 0 Å². The van der Waals surface area contributed by atoms with Crippen LogP contribution >= 0.6 is 0 Å². The standard InChI is InChI=1S/C19H16N4O3/c24-18(25)13-5-7-20-16(10-13)15-6-8-21-19(23-15)22-14-9-12-3-1-2-4-17(12)26-11-14/h1-8,10,14H,9,11H2,(H,24,25)(H,21,22,23)/t14-/m0/s1. The summed E-state index contributed by atoms with van der Waals surface area (Å²) in [5.74, 6) is 0.368. The Kier molecular flexibility index (Phi) is 4.18. The third-order valence-electron chi connectivity index (χ3n) is 4.14. The predicted molar refractivity (Wildman–Crippen MR) is 95.3 cm³/mol. The molecule has 0 unspecified atom stereocenters. The summed E-state index contributed by atoms with van der Waals surface area (Å²) in [6.07, 6.45) is 3.90. The molecule has 3 heterocycles. The lowest BCUT2D eigenvalue weighted by atomic mass is 10.0. The van der Waals surface area contributed by atoms with E-state index in [-0.39, 0.29) is 11.6 Å². The van der Waals surface area contributed by atoms with E-state index in [4.69, 9.17) is 9.84 Å².